The molecule has 1 aliphatic carbocycles. The minimum atomic E-state index is -0.00781. The number of aryl methyl sites for hydroxylation is 1. The number of allylic oxidation sites excluding steroid dienone is 3. The lowest BCUT2D eigenvalue weighted by Crippen LogP contribution is -2.61. The molecule has 4 heteroatoms. The molecule has 1 aromatic heterocycles. The molecule has 9 rings (SSSR count). The quantitative estimate of drug-likeness (QED) is 0.165. The third-order valence-corrected chi connectivity index (χ3v) is 13.7. The predicted octanol–water partition coefficient (Wildman–Crippen LogP) is 13.2. The Bertz CT molecular complexity index is 2560. The molecular weight excluding hydrogens is 707 g/mol. The molecule has 286 valence electrons. The number of hydrogen-bond donors (Lipinski definition) is 0. The third-order valence-electron chi connectivity index (χ3n) is 12.5. The van der Waals surface area contributed by atoms with Gasteiger partial charge in [-0.05, 0) is 122 Å². The molecule has 0 bridgehead atoms. The minimum Gasteiger partial charge on any atom is -0.311 e. The molecule has 2 aliphatic heterocycles. The Morgan fingerprint density at radius 3 is 1.79 bits per heavy atom. The summed E-state index contributed by atoms with van der Waals surface area (Å²) in [6.07, 6.45) is 8.41. The van der Waals surface area contributed by atoms with Gasteiger partial charge < -0.3 is 9.80 Å². The summed E-state index contributed by atoms with van der Waals surface area (Å²) in [5.41, 5.74) is 18.5. The zero-order valence-corrected chi connectivity index (χ0v) is 36.2. The summed E-state index contributed by atoms with van der Waals surface area (Å²) in [7, 11) is 0. The smallest absolute Gasteiger partial charge is 0.254 e. The summed E-state index contributed by atoms with van der Waals surface area (Å²) in [6, 6.07) is 43.9. The SMILES string of the molecule is Cc1cc2c3c(c1)N(c1ccc(C(C)(C)C)cc1)c1cc(C(C)(C)C)ccc1B3c1c(sc(-c3ccccc3)c1-c1ccccc1)N2C1=CCC(C(C)(C)C)C=C1. The van der Waals surface area contributed by atoms with Gasteiger partial charge in [0.15, 0.2) is 0 Å². The number of benzene rings is 5. The van der Waals surface area contributed by atoms with Gasteiger partial charge in [0.05, 0.1) is 5.00 Å². The average Bonchev–Trinajstić information content (AvgIpc) is 3.57. The molecule has 0 N–H and O–H groups in total. The van der Waals surface area contributed by atoms with Crippen LogP contribution in [-0.4, -0.2) is 6.71 Å². The molecular formula is C53H55BN2S. The Morgan fingerprint density at radius 2 is 1.21 bits per heavy atom. The molecule has 3 heterocycles. The van der Waals surface area contributed by atoms with Crippen molar-refractivity contribution in [3.05, 3.63) is 156 Å². The van der Waals surface area contributed by atoms with E-state index in [0.29, 0.717) is 5.92 Å². The fourth-order valence-electron chi connectivity index (χ4n) is 9.18. The van der Waals surface area contributed by atoms with Crippen LogP contribution < -0.4 is 26.2 Å². The molecule has 0 radical (unpaired) electrons. The van der Waals surface area contributed by atoms with Gasteiger partial charge in [-0.25, -0.2) is 0 Å². The van der Waals surface area contributed by atoms with E-state index >= 15 is 0 Å². The molecule has 0 saturated heterocycles. The first-order valence-electron chi connectivity index (χ1n) is 20.8. The first-order valence-corrected chi connectivity index (χ1v) is 21.6. The topological polar surface area (TPSA) is 6.48 Å². The monoisotopic (exact) mass is 762 g/mol. The molecule has 57 heavy (non-hydrogen) atoms. The molecule has 5 aromatic carbocycles. The van der Waals surface area contributed by atoms with E-state index in [1.54, 1.807) is 0 Å². The zero-order valence-electron chi connectivity index (χ0n) is 35.4. The van der Waals surface area contributed by atoms with Crippen LogP contribution >= 0.6 is 11.3 Å². The maximum Gasteiger partial charge on any atom is 0.254 e. The number of fused-ring (bicyclic) bond motifs is 4. The lowest BCUT2D eigenvalue weighted by Gasteiger charge is -2.44. The van der Waals surface area contributed by atoms with Crippen LogP contribution in [0.25, 0.3) is 21.6 Å². The van der Waals surface area contributed by atoms with E-state index in [1.807, 2.05) is 11.3 Å². The van der Waals surface area contributed by atoms with E-state index in [-0.39, 0.29) is 23.0 Å². The lowest BCUT2D eigenvalue weighted by molar-refractivity contribution is 0.293. The van der Waals surface area contributed by atoms with Crippen molar-refractivity contribution >= 4 is 62.2 Å². The number of hydrogen-bond acceptors (Lipinski definition) is 3. The highest BCUT2D eigenvalue weighted by Crippen LogP contribution is 2.51. The van der Waals surface area contributed by atoms with E-state index in [0.717, 1.165) is 6.42 Å². The summed E-state index contributed by atoms with van der Waals surface area (Å²) in [4.78, 5) is 6.53. The normalized spacial score (nSPS) is 16.3. The first kappa shape index (κ1) is 37.5. The Labute approximate surface area is 345 Å². The summed E-state index contributed by atoms with van der Waals surface area (Å²) in [6.45, 7) is 23.3. The molecule has 0 spiro atoms. The van der Waals surface area contributed by atoms with Crippen molar-refractivity contribution in [1.29, 1.82) is 0 Å². The van der Waals surface area contributed by atoms with Gasteiger partial charge in [-0.2, -0.15) is 0 Å². The van der Waals surface area contributed by atoms with Gasteiger partial charge in [-0.15, -0.1) is 11.3 Å². The van der Waals surface area contributed by atoms with Gasteiger partial charge in [-0.3, -0.25) is 0 Å². The van der Waals surface area contributed by atoms with Gasteiger partial charge in [0, 0.05) is 33.3 Å². The third kappa shape index (κ3) is 6.41. The van der Waals surface area contributed by atoms with Crippen molar-refractivity contribution in [2.45, 2.75) is 86.5 Å². The second kappa shape index (κ2) is 13.5. The summed E-state index contributed by atoms with van der Waals surface area (Å²) >= 11 is 1.96. The van der Waals surface area contributed by atoms with Gasteiger partial charge in [0.25, 0.3) is 6.71 Å². The number of thiophene rings is 1. The van der Waals surface area contributed by atoms with Crippen LogP contribution in [0.5, 0.6) is 0 Å². The maximum atomic E-state index is 2.63. The highest BCUT2D eigenvalue weighted by atomic mass is 32.1. The predicted molar refractivity (Wildman–Crippen MR) is 250 cm³/mol. The number of nitrogens with zero attached hydrogens (tertiary/aromatic N) is 2. The Balaban J connectivity index is 1.39. The van der Waals surface area contributed by atoms with Crippen LogP contribution in [0.1, 0.15) is 85.4 Å². The van der Waals surface area contributed by atoms with Gasteiger partial charge in [-0.1, -0.05) is 159 Å². The molecule has 1 atom stereocenters. The average molecular weight is 763 g/mol. The second-order valence-corrected chi connectivity index (χ2v) is 20.6. The second-order valence-electron chi connectivity index (χ2n) is 19.6. The van der Waals surface area contributed by atoms with Crippen LogP contribution in [0.2, 0.25) is 0 Å². The van der Waals surface area contributed by atoms with Crippen LogP contribution in [0.3, 0.4) is 0 Å². The largest absolute Gasteiger partial charge is 0.311 e. The summed E-state index contributed by atoms with van der Waals surface area (Å²) in [5.74, 6) is 0.489. The summed E-state index contributed by atoms with van der Waals surface area (Å²) in [5, 5.41) is 1.32. The van der Waals surface area contributed by atoms with Gasteiger partial charge in [0.1, 0.15) is 0 Å². The Morgan fingerprint density at radius 1 is 0.614 bits per heavy atom. The highest BCUT2D eigenvalue weighted by Gasteiger charge is 2.47. The maximum absolute atomic E-state index is 2.63. The van der Waals surface area contributed by atoms with E-state index in [2.05, 4.69) is 213 Å². The summed E-state index contributed by atoms with van der Waals surface area (Å²) < 4.78 is 0. The molecule has 2 nitrogen and oxygen atoms in total. The Hall–Kier alpha value is -5.06. The first-order chi connectivity index (χ1) is 27.1. The minimum absolute atomic E-state index is 0.00781. The van der Waals surface area contributed by atoms with Crippen LogP contribution in [0.4, 0.5) is 27.8 Å². The van der Waals surface area contributed by atoms with Gasteiger partial charge >= 0.3 is 0 Å². The standard InChI is InChI=1S/C53H55BN2S/c1-34-31-44-47-45(32-34)56(41-28-23-38(24-29-41)52(5,6)7)50-48(46(35-17-13-11-14-18-35)49(57-50)36-19-15-12-16-20-36)54(47)42-30-25-39(53(8,9)10)33-43(42)55(44)40-26-21-37(22-27-40)51(2,3)4/h11-23,25-33,38H,24H2,1-10H3. The van der Waals surface area contributed by atoms with Crippen LogP contribution in [0.15, 0.2) is 139 Å². The van der Waals surface area contributed by atoms with E-state index in [9.17, 15) is 0 Å². The van der Waals surface area contributed by atoms with Crippen molar-refractivity contribution in [2.24, 2.45) is 11.3 Å². The van der Waals surface area contributed by atoms with Crippen molar-refractivity contribution in [1.82, 2.24) is 0 Å². The molecule has 0 amide bonds. The lowest BCUT2D eigenvalue weighted by atomic mass is 9.33. The fourth-order valence-corrected chi connectivity index (χ4v) is 10.6. The highest BCUT2D eigenvalue weighted by molar-refractivity contribution is 7.24. The molecule has 1 unspecified atom stereocenters. The zero-order chi connectivity index (χ0) is 40.0. The van der Waals surface area contributed by atoms with Crippen molar-refractivity contribution < 1.29 is 0 Å². The van der Waals surface area contributed by atoms with E-state index in [4.69, 9.17) is 0 Å². The van der Waals surface area contributed by atoms with Gasteiger partial charge in [0.2, 0.25) is 0 Å². The molecule has 0 saturated carbocycles. The molecule has 6 aromatic rings. The molecule has 0 fully saturated rings. The van der Waals surface area contributed by atoms with Crippen LogP contribution in [-0.2, 0) is 10.8 Å². The van der Waals surface area contributed by atoms with E-state index in [1.165, 1.54) is 88.1 Å². The van der Waals surface area contributed by atoms with E-state index < -0.39 is 0 Å². The van der Waals surface area contributed by atoms with Crippen LogP contribution in [0, 0.1) is 18.3 Å². The van der Waals surface area contributed by atoms with Crippen molar-refractivity contribution in [3.8, 4) is 21.6 Å². The number of rotatable bonds is 4. The molecule has 3 aliphatic rings. The van der Waals surface area contributed by atoms with Crippen molar-refractivity contribution in [2.75, 3.05) is 9.80 Å². The fraction of sp³-hybridized carbons (Fsp3) is 0.283. The van der Waals surface area contributed by atoms with Crippen molar-refractivity contribution in [3.63, 3.8) is 0 Å². The number of anilines is 5. The Kier molecular flexibility index (Phi) is 8.90.